The van der Waals surface area contributed by atoms with Crippen LogP contribution in [0.4, 0.5) is 4.79 Å². The quantitative estimate of drug-likeness (QED) is 0.138. The van der Waals surface area contributed by atoms with Crippen LogP contribution in [0.3, 0.4) is 0 Å². The molecular weight excluding hydrogens is 681 g/mol. The van der Waals surface area contributed by atoms with E-state index in [1.54, 1.807) is 0 Å². The molecule has 2 fully saturated rings. The molecule has 4 atom stereocenters. The van der Waals surface area contributed by atoms with Crippen LogP contribution >= 0.6 is 0 Å². The molecule has 0 spiro atoms. The van der Waals surface area contributed by atoms with Gasteiger partial charge < -0.3 is 35.6 Å². The molecule has 5 aromatic rings. The molecule has 5 N–H and O–H groups in total. The topological polar surface area (TPSA) is 162 Å². The number of hydrogen-bond donors (Lipinski definition) is 4. The summed E-state index contributed by atoms with van der Waals surface area (Å²) in [5.41, 5.74) is 11.5. The van der Waals surface area contributed by atoms with Crippen LogP contribution in [0.15, 0.2) is 60.8 Å². The monoisotopic (exact) mass is 728 g/mol. The average molecular weight is 729 g/mol. The smallest absolute Gasteiger partial charge is 0.407 e. The third kappa shape index (κ3) is 7.16. The van der Waals surface area contributed by atoms with Crippen LogP contribution in [-0.2, 0) is 14.3 Å². The second-order valence-electron chi connectivity index (χ2n) is 15.0. The molecule has 2 aromatic heterocycles. The fourth-order valence-electron chi connectivity index (χ4n) is 7.69. The lowest BCUT2D eigenvalue weighted by Gasteiger charge is -2.29. The molecule has 12 heteroatoms. The van der Waals surface area contributed by atoms with Gasteiger partial charge in [0.25, 0.3) is 0 Å². The number of likely N-dealkylation sites (tertiary alicyclic amines) is 2. The van der Waals surface area contributed by atoms with Gasteiger partial charge in [0.2, 0.25) is 11.8 Å². The Morgan fingerprint density at radius 2 is 1.57 bits per heavy atom. The first-order valence-corrected chi connectivity index (χ1v) is 18.8. The molecule has 3 aromatic carbocycles. The van der Waals surface area contributed by atoms with E-state index in [0.717, 1.165) is 81.5 Å². The predicted octanol–water partition coefficient (Wildman–Crippen LogP) is 6.20. The number of fused-ring (bicyclic) bond motifs is 2. The van der Waals surface area contributed by atoms with Gasteiger partial charge in [0.15, 0.2) is 0 Å². The van der Waals surface area contributed by atoms with Crippen molar-refractivity contribution in [2.24, 2.45) is 17.6 Å². The summed E-state index contributed by atoms with van der Waals surface area (Å²) in [6.45, 7) is 9.02. The number of amides is 3. The lowest BCUT2D eigenvalue weighted by Crippen LogP contribution is -2.51. The summed E-state index contributed by atoms with van der Waals surface area (Å²) in [4.78, 5) is 59.0. The molecule has 0 bridgehead atoms. The molecule has 0 aliphatic carbocycles. The molecule has 54 heavy (non-hydrogen) atoms. The maximum absolute atomic E-state index is 13.6. The molecule has 280 valence electrons. The Morgan fingerprint density at radius 1 is 0.870 bits per heavy atom. The van der Waals surface area contributed by atoms with Gasteiger partial charge in [-0.2, -0.15) is 0 Å². The van der Waals surface area contributed by atoms with Gasteiger partial charge in [-0.1, -0.05) is 69.9 Å². The first-order chi connectivity index (χ1) is 26.0. The molecule has 4 heterocycles. The van der Waals surface area contributed by atoms with Crippen molar-refractivity contribution in [1.29, 1.82) is 0 Å². The Bertz CT molecular complexity index is 2260. The number of hydrogen-bond acceptors (Lipinski definition) is 7. The van der Waals surface area contributed by atoms with E-state index in [9.17, 15) is 14.4 Å². The minimum Gasteiger partial charge on any atom is -0.453 e. The van der Waals surface area contributed by atoms with Crippen molar-refractivity contribution in [3.8, 4) is 23.1 Å². The number of aromatic amines is 2. The minimum absolute atomic E-state index is 0.0236. The summed E-state index contributed by atoms with van der Waals surface area (Å²) in [7, 11) is 1.29. The van der Waals surface area contributed by atoms with Crippen LogP contribution in [0, 0.1) is 23.7 Å². The van der Waals surface area contributed by atoms with Gasteiger partial charge >= 0.3 is 6.09 Å². The van der Waals surface area contributed by atoms with E-state index in [1.807, 2.05) is 80.1 Å². The highest BCUT2D eigenvalue weighted by atomic mass is 16.5. The number of carbonyl (C=O) groups excluding carboxylic acids is 3. The summed E-state index contributed by atoms with van der Waals surface area (Å²) in [5, 5.41) is 4.78. The highest BCUT2D eigenvalue weighted by Crippen LogP contribution is 2.35. The molecule has 2 saturated heterocycles. The Hall–Kier alpha value is -5.67. The number of methoxy groups -OCH3 is 1. The second kappa shape index (κ2) is 15.4. The van der Waals surface area contributed by atoms with Crippen molar-refractivity contribution in [1.82, 2.24) is 35.1 Å². The van der Waals surface area contributed by atoms with E-state index < -0.39 is 18.2 Å². The number of aromatic nitrogens is 4. The number of imidazole rings is 2. The summed E-state index contributed by atoms with van der Waals surface area (Å²) >= 11 is 0. The molecule has 0 radical (unpaired) electrons. The van der Waals surface area contributed by atoms with Crippen LogP contribution < -0.4 is 11.1 Å². The van der Waals surface area contributed by atoms with Gasteiger partial charge in [-0.3, -0.25) is 9.59 Å². The van der Waals surface area contributed by atoms with Crippen molar-refractivity contribution in [3.63, 3.8) is 0 Å². The maximum Gasteiger partial charge on any atom is 0.407 e. The molecule has 12 nitrogen and oxygen atoms in total. The van der Waals surface area contributed by atoms with Crippen LogP contribution in [0.5, 0.6) is 0 Å². The average Bonchev–Trinajstić information content (AvgIpc) is 4.00. The van der Waals surface area contributed by atoms with Crippen LogP contribution in [-0.4, -0.2) is 79.9 Å². The number of ether oxygens (including phenoxy) is 1. The predicted molar refractivity (Wildman–Crippen MR) is 208 cm³/mol. The van der Waals surface area contributed by atoms with Gasteiger partial charge in [0, 0.05) is 29.8 Å². The summed E-state index contributed by atoms with van der Waals surface area (Å²) in [5.74, 6) is 8.04. The SMILES string of the molecule is COC(=O)NC(C(=O)N1CCC[C@H]1c1nc2ccc(C#Cc3cccc4c(-c5cnc([C@@H]6CCCN6C(=O)[C@@H](N)C(C)C)[nH]5)cccc34)cc2[nH]1)C(C)C. The Morgan fingerprint density at radius 3 is 2.30 bits per heavy atom. The van der Waals surface area contributed by atoms with Crippen LogP contribution in [0.1, 0.15) is 88.2 Å². The minimum atomic E-state index is -0.694. The molecule has 0 saturated carbocycles. The zero-order chi connectivity index (χ0) is 38.1. The maximum atomic E-state index is 13.6. The van der Waals surface area contributed by atoms with Gasteiger partial charge in [-0.15, -0.1) is 0 Å². The Kier molecular flexibility index (Phi) is 10.4. The number of benzene rings is 3. The van der Waals surface area contributed by atoms with E-state index >= 15 is 0 Å². The van der Waals surface area contributed by atoms with Crippen molar-refractivity contribution in [2.45, 2.75) is 77.5 Å². The molecule has 2 aliphatic heterocycles. The fraction of sp³-hybridized carbons (Fsp3) is 0.405. The number of nitrogens with one attached hydrogen (secondary N) is 3. The largest absolute Gasteiger partial charge is 0.453 e. The molecule has 2 aliphatic rings. The zero-order valence-corrected chi connectivity index (χ0v) is 31.5. The third-order valence-corrected chi connectivity index (χ3v) is 10.7. The summed E-state index contributed by atoms with van der Waals surface area (Å²) in [6, 6.07) is 16.6. The number of rotatable bonds is 8. The Balaban J connectivity index is 1.12. The lowest BCUT2D eigenvalue weighted by atomic mass is 9.98. The van der Waals surface area contributed by atoms with E-state index in [-0.39, 0.29) is 35.7 Å². The van der Waals surface area contributed by atoms with Gasteiger partial charge in [0.05, 0.1) is 48.2 Å². The fourth-order valence-corrected chi connectivity index (χ4v) is 7.69. The zero-order valence-electron chi connectivity index (χ0n) is 31.5. The van der Waals surface area contributed by atoms with Crippen molar-refractivity contribution < 1.29 is 19.1 Å². The first-order valence-electron chi connectivity index (χ1n) is 18.8. The highest BCUT2D eigenvalue weighted by molar-refractivity contribution is 5.99. The van der Waals surface area contributed by atoms with Crippen LogP contribution in [0.25, 0.3) is 33.1 Å². The van der Waals surface area contributed by atoms with E-state index in [1.165, 1.54) is 7.11 Å². The van der Waals surface area contributed by atoms with E-state index in [4.69, 9.17) is 20.4 Å². The molecule has 1 unspecified atom stereocenters. The Labute approximate surface area is 315 Å². The lowest BCUT2D eigenvalue weighted by molar-refractivity contribution is -0.136. The van der Waals surface area contributed by atoms with E-state index in [0.29, 0.717) is 13.1 Å². The standard InChI is InChI=1S/C42H48N8O4/c1-24(2)36(43)40(51)49-20-8-14-34(49)38-44-23-33(47-38)30-13-7-11-28-27(10-6-12-29(28)30)18-16-26-17-19-31-32(22-26)46-39(45-31)35-15-9-21-50(35)41(52)37(25(3)4)48-42(53)54-5/h6-7,10-13,17,19,22-25,34-37H,8-9,14-15,20-21,43H2,1-5H3,(H,44,47)(H,45,46)(H,48,53)/t34-,35-,36-,37?/m0/s1. The van der Waals surface area contributed by atoms with Gasteiger partial charge in [-0.25, -0.2) is 14.8 Å². The number of carbonyl (C=O) groups is 3. The van der Waals surface area contributed by atoms with E-state index in [2.05, 4.69) is 45.3 Å². The normalized spacial score (nSPS) is 18.3. The number of alkyl carbamates (subject to hydrolysis) is 1. The molecule has 3 amide bonds. The molecular formula is C42H48N8O4. The van der Waals surface area contributed by atoms with Crippen molar-refractivity contribution in [3.05, 3.63) is 83.6 Å². The highest BCUT2D eigenvalue weighted by Gasteiger charge is 2.38. The molecule has 7 rings (SSSR count). The van der Waals surface area contributed by atoms with Gasteiger partial charge in [0.1, 0.15) is 17.7 Å². The van der Waals surface area contributed by atoms with Crippen LogP contribution in [0.2, 0.25) is 0 Å². The number of H-pyrrole nitrogens is 2. The summed E-state index contributed by atoms with van der Waals surface area (Å²) in [6.07, 6.45) is 4.60. The van der Waals surface area contributed by atoms with Crippen molar-refractivity contribution in [2.75, 3.05) is 20.2 Å². The van der Waals surface area contributed by atoms with Gasteiger partial charge in [-0.05, 0) is 72.6 Å². The second-order valence-corrected chi connectivity index (χ2v) is 15.0. The number of nitrogens with two attached hydrogens (primary N) is 1. The number of nitrogens with zero attached hydrogens (tertiary/aromatic N) is 4. The first kappa shape index (κ1) is 36.7. The third-order valence-electron chi connectivity index (χ3n) is 10.7. The van der Waals surface area contributed by atoms with Crippen molar-refractivity contribution >= 4 is 39.7 Å². The summed E-state index contributed by atoms with van der Waals surface area (Å²) < 4.78 is 4.77.